The number of fused-ring (bicyclic) bond motifs is 1. The van der Waals surface area contributed by atoms with Crippen LogP contribution in [-0.2, 0) is 36.8 Å². The quantitative estimate of drug-likeness (QED) is 0.246. The van der Waals surface area contributed by atoms with Gasteiger partial charge in [-0.15, -0.1) is 0 Å². The second kappa shape index (κ2) is 14.3. The van der Waals surface area contributed by atoms with Crippen molar-refractivity contribution in [3.63, 3.8) is 0 Å². The summed E-state index contributed by atoms with van der Waals surface area (Å²) in [6.07, 6.45) is 4.04. The van der Waals surface area contributed by atoms with Crippen molar-refractivity contribution < 1.29 is 28.7 Å². The van der Waals surface area contributed by atoms with Gasteiger partial charge < -0.3 is 31.3 Å². The van der Waals surface area contributed by atoms with Gasteiger partial charge in [0.2, 0.25) is 17.6 Å². The first-order valence-corrected chi connectivity index (χ1v) is 16.3. The van der Waals surface area contributed by atoms with E-state index < -0.39 is 41.8 Å². The molecule has 248 valence electrons. The molecule has 1 saturated heterocycles. The van der Waals surface area contributed by atoms with Crippen LogP contribution in [0.15, 0.2) is 24.3 Å². The molecule has 3 aliphatic rings. The van der Waals surface area contributed by atoms with Gasteiger partial charge in [-0.2, -0.15) is 0 Å². The molecule has 1 aromatic carbocycles. The first kappa shape index (κ1) is 34.4. The fraction of sp³-hybridized carbons (Fsp3) is 0.676. The van der Waals surface area contributed by atoms with E-state index in [1.54, 1.807) is 12.0 Å². The highest BCUT2D eigenvalue weighted by atomic mass is 16.5. The lowest BCUT2D eigenvalue weighted by Crippen LogP contribution is -2.61. The van der Waals surface area contributed by atoms with E-state index >= 15 is 0 Å². The number of Topliss-reactive ketones (excluding diaryl/α,β-unsaturated/α-hetero) is 1. The number of likely N-dealkylation sites (tertiary alicyclic amines) is 1. The van der Waals surface area contributed by atoms with Crippen LogP contribution in [0.3, 0.4) is 0 Å². The number of urea groups is 1. The first-order valence-electron chi connectivity index (χ1n) is 16.3. The molecule has 0 aromatic heterocycles. The van der Waals surface area contributed by atoms with E-state index in [1.807, 2.05) is 58.9 Å². The maximum Gasteiger partial charge on any atom is 0.315 e. The fourth-order valence-corrected chi connectivity index (χ4v) is 6.85. The average molecular weight is 626 g/mol. The zero-order chi connectivity index (χ0) is 33.1. The van der Waals surface area contributed by atoms with Crippen LogP contribution < -0.4 is 21.7 Å². The molecule has 1 heterocycles. The Balaban J connectivity index is 1.60. The first-order chi connectivity index (χ1) is 21.2. The zero-order valence-electron chi connectivity index (χ0n) is 27.6. The number of methoxy groups -OCH3 is 1. The summed E-state index contributed by atoms with van der Waals surface area (Å²) in [6.45, 7) is 10.7. The van der Waals surface area contributed by atoms with Gasteiger partial charge in [-0.3, -0.25) is 19.2 Å². The number of ketones is 1. The van der Waals surface area contributed by atoms with Crippen LogP contribution in [0.25, 0.3) is 0 Å². The molecule has 5 N–H and O–H groups in total. The fourth-order valence-electron chi connectivity index (χ4n) is 6.85. The Bertz CT molecular complexity index is 1250. The van der Waals surface area contributed by atoms with Gasteiger partial charge in [0, 0.05) is 13.7 Å². The van der Waals surface area contributed by atoms with Crippen LogP contribution in [0.2, 0.25) is 0 Å². The average Bonchev–Trinajstić information content (AvgIpc) is 3.49. The third-order valence-corrected chi connectivity index (χ3v) is 9.79. The van der Waals surface area contributed by atoms with Crippen molar-refractivity contribution >= 4 is 29.5 Å². The Morgan fingerprint density at radius 2 is 1.60 bits per heavy atom. The minimum absolute atomic E-state index is 0.0688. The number of benzene rings is 1. The standard InChI is InChI=1S/C34H51N5O6/c1-19(2)24-13-14-39(28(24)31(42)36-25(15-20-11-12-20)29(40)30(35)41)32(43)27(23-16-21-9-7-8-10-22(21)17-23)38-33(44)37-26(18-45-6)34(3,4)5/h7-10,19-20,23-28H,11-18H2,1-6H3,(H2,35,41)(H,36,42)(H2,37,38,44)/t24-,25?,26-,27+,28+/m1/s1. The minimum atomic E-state index is -1.08. The molecule has 2 aliphatic carbocycles. The second-order valence-electron chi connectivity index (χ2n) is 14.5. The van der Waals surface area contributed by atoms with E-state index in [9.17, 15) is 24.0 Å². The summed E-state index contributed by atoms with van der Waals surface area (Å²) in [5.41, 5.74) is 7.31. The predicted molar refractivity (Wildman–Crippen MR) is 170 cm³/mol. The molecule has 1 aromatic rings. The van der Waals surface area contributed by atoms with Crippen molar-refractivity contribution in [3.05, 3.63) is 35.4 Å². The molecular formula is C34H51N5O6. The van der Waals surface area contributed by atoms with Gasteiger partial charge in [0.05, 0.1) is 18.7 Å². The number of rotatable bonds is 13. The molecule has 5 amide bonds. The van der Waals surface area contributed by atoms with E-state index in [-0.39, 0.29) is 41.0 Å². The monoisotopic (exact) mass is 625 g/mol. The Labute approximate surface area is 266 Å². The summed E-state index contributed by atoms with van der Waals surface area (Å²) < 4.78 is 5.36. The molecule has 11 heteroatoms. The van der Waals surface area contributed by atoms with Gasteiger partial charge in [0.15, 0.2) is 0 Å². The minimum Gasteiger partial charge on any atom is -0.383 e. The number of carbonyl (C=O) groups is 5. The topological polar surface area (TPSA) is 160 Å². The maximum atomic E-state index is 14.6. The van der Waals surface area contributed by atoms with Crippen LogP contribution in [0.5, 0.6) is 0 Å². The van der Waals surface area contributed by atoms with Gasteiger partial charge in [-0.25, -0.2) is 4.79 Å². The SMILES string of the molecule is COC[C@@H](NC(=O)N[C@H](C(=O)N1CC[C@H](C(C)C)[C@H]1C(=O)NC(CC1CC1)C(=O)C(N)=O)C1Cc2ccccc2C1)C(C)(C)C. The zero-order valence-corrected chi connectivity index (χ0v) is 27.6. The van der Waals surface area contributed by atoms with Gasteiger partial charge >= 0.3 is 6.03 Å². The van der Waals surface area contributed by atoms with Crippen molar-refractivity contribution in [2.24, 2.45) is 34.8 Å². The largest absolute Gasteiger partial charge is 0.383 e. The summed E-state index contributed by atoms with van der Waals surface area (Å²) in [6, 6.07) is 4.48. The van der Waals surface area contributed by atoms with Crippen molar-refractivity contribution in [1.82, 2.24) is 20.9 Å². The van der Waals surface area contributed by atoms with Crippen LogP contribution in [0, 0.1) is 29.1 Å². The van der Waals surface area contributed by atoms with E-state index in [0.717, 1.165) is 24.0 Å². The lowest BCUT2D eigenvalue weighted by Gasteiger charge is -2.35. The number of hydrogen-bond donors (Lipinski definition) is 4. The molecule has 1 saturated carbocycles. The molecule has 5 atom stereocenters. The van der Waals surface area contributed by atoms with E-state index in [1.165, 1.54) is 0 Å². The Morgan fingerprint density at radius 3 is 2.11 bits per heavy atom. The van der Waals surface area contributed by atoms with Crippen molar-refractivity contribution in [1.29, 1.82) is 0 Å². The predicted octanol–water partition coefficient (Wildman–Crippen LogP) is 2.34. The second-order valence-corrected chi connectivity index (χ2v) is 14.5. The van der Waals surface area contributed by atoms with Gasteiger partial charge in [0.1, 0.15) is 12.1 Å². The third-order valence-electron chi connectivity index (χ3n) is 9.79. The lowest BCUT2D eigenvalue weighted by atomic mass is 9.87. The number of nitrogens with zero attached hydrogens (tertiary/aromatic N) is 1. The normalized spacial score (nSPS) is 22.0. The summed E-state index contributed by atoms with van der Waals surface area (Å²) in [5.74, 6) is -2.75. The molecule has 0 bridgehead atoms. The molecule has 4 rings (SSSR count). The Hall–Kier alpha value is -3.47. The number of nitrogens with two attached hydrogens (primary N) is 1. The number of carbonyl (C=O) groups excluding carboxylic acids is 5. The molecule has 1 aliphatic heterocycles. The van der Waals surface area contributed by atoms with Gasteiger partial charge in [0.25, 0.3) is 5.91 Å². The Morgan fingerprint density at radius 1 is 0.978 bits per heavy atom. The number of ether oxygens (including phenoxy) is 1. The van der Waals surface area contributed by atoms with Crippen LogP contribution in [0.1, 0.15) is 71.4 Å². The molecule has 1 unspecified atom stereocenters. The number of primary amides is 1. The highest BCUT2D eigenvalue weighted by Crippen LogP contribution is 2.36. The van der Waals surface area contributed by atoms with Crippen LogP contribution in [0.4, 0.5) is 4.79 Å². The van der Waals surface area contributed by atoms with Crippen LogP contribution in [-0.4, -0.2) is 78.9 Å². The summed E-state index contributed by atoms with van der Waals surface area (Å²) >= 11 is 0. The number of amides is 5. The molecule has 0 radical (unpaired) electrons. The van der Waals surface area contributed by atoms with Crippen molar-refractivity contribution in [3.8, 4) is 0 Å². The van der Waals surface area contributed by atoms with Gasteiger partial charge in [-0.1, -0.05) is 71.7 Å². The van der Waals surface area contributed by atoms with E-state index in [4.69, 9.17) is 10.5 Å². The molecule has 45 heavy (non-hydrogen) atoms. The highest BCUT2D eigenvalue weighted by Gasteiger charge is 2.48. The van der Waals surface area contributed by atoms with Crippen molar-refractivity contribution in [2.75, 3.05) is 20.3 Å². The summed E-state index contributed by atoms with van der Waals surface area (Å²) in [4.78, 5) is 68.1. The van der Waals surface area contributed by atoms with E-state index in [0.29, 0.717) is 38.8 Å². The smallest absolute Gasteiger partial charge is 0.315 e. The molecule has 2 fully saturated rings. The van der Waals surface area contributed by atoms with E-state index in [2.05, 4.69) is 16.0 Å². The van der Waals surface area contributed by atoms with Crippen LogP contribution >= 0.6 is 0 Å². The summed E-state index contributed by atoms with van der Waals surface area (Å²) in [7, 11) is 1.58. The summed E-state index contributed by atoms with van der Waals surface area (Å²) in [5, 5.41) is 8.81. The van der Waals surface area contributed by atoms with Gasteiger partial charge in [-0.05, 0) is 65.9 Å². The maximum absolute atomic E-state index is 14.6. The Kier molecular flexibility index (Phi) is 10.9. The molecular weight excluding hydrogens is 574 g/mol. The molecule has 11 nitrogen and oxygen atoms in total. The number of hydrogen-bond acceptors (Lipinski definition) is 6. The third kappa shape index (κ3) is 8.42. The highest BCUT2D eigenvalue weighted by molar-refractivity contribution is 6.37. The lowest BCUT2D eigenvalue weighted by molar-refractivity contribution is -0.143. The van der Waals surface area contributed by atoms with Crippen molar-refractivity contribution in [2.45, 2.75) is 97.3 Å². The number of nitrogens with one attached hydrogen (secondary N) is 3. The molecule has 0 spiro atoms.